The van der Waals surface area contributed by atoms with Crippen LogP contribution in [0.1, 0.15) is 29.3 Å². The average molecular weight is 248 g/mol. The third-order valence-corrected chi connectivity index (χ3v) is 3.60. The lowest BCUT2D eigenvalue weighted by Crippen LogP contribution is -2.38. The van der Waals surface area contributed by atoms with Crippen molar-refractivity contribution in [1.82, 2.24) is 5.32 Å². The molecule has 2 rings (SSSR count). The van der Waals surface area contributed by atoms with E-state index in [1.165, 1.54) is 0 Å². The van der Waals surface area contributed by atoms with E-state index in [4.69, 9.17) is 10.5 Å². The van der Waals surface area contributed by atoms with Gasteiger partial charge in [-0.2, -0.15) is 0 Å². The standard InChI is InChI=1S/C14H20N2O2/c1-9-4-3-5-12(13(9)15)14(17)16-10(2)11-6-7-18-8-11/h3-5,10-11H,6-8,15H2,1-2H3,(H,16,17). The lowest BCUT2D eigenvalue weighted by molar-refractivity contribution is 0.0923. The summed E-state index contributed by atoms with van der Waals surface area (Å²) in [5.41, 5.74) is 7.97. The van der Waals surface area contributed by atoms with Gasteiger partial charge in [0.25, 0.3) is 5.91 Å². The predicted octanol–water partition coefficient (Wildman–Crippen LogP) is 1.73. The van der Waals surface area contributed by atoms with Gasteiger partial charge in [0.15, 0.2) is 0 Å². The van der Waals surface area contributed by atoms with Crippen molar-refractivity contribution in [2.45, 2.75) is 26.3 Å². The zero-order chi connectivity index (χ0) is 13.1. The Morgan fingerprint density at radius 1 is 1.56 bits per heavy atom. The smallest absolute Gasteiger partial charge is 0.253 e. The van der Waals surface area contributed by atoms with Crippen LogP contribution in [-0.2, 0) is 4.74 Å². The Hall–Kier alpha value is -1.55. The lowest BCUT2D eigenvalue weighted by atomic mass is 10.00. The normalized spacial score (nSPS) is 20.7. The van der Waals surface area contributed by atoms with Crippen LogP contribution in [-0.4, -0.2) is 25.2 Å². The van der Waals surface area contributed by atoms with Crippen molar-refractivity contribution in [2.75, 3.05) is 18.9 Å². The maximum atomic E-state index is 12.2. The second kappa shape index (κ2) is 5.40. The molecule has 0 spiro atoms. The summed E-state index contributed by atoms with van der Waals surface area (Å²) < 4.78 is 5.33. The van der Waals surface area contributed by atoms with Gasteiger partial charge in [0.2, 0.25) is 0 Å². The van der Waals surface area contributed by atoms with Crippen LogP contribution in [0.15, 0.2) is 18.2 Å². The van der Waals surface area contributed by atoms with E-state index in [1.54, 1.807) is 6.07 Å². The maximum Gasteiger partial charge on any atom is 0.253 e. The first-order valence-electron chi connectivity index (χ1n) is 6.33. The van der Waals surface area contributed by atoms with Gasteiger partial charge in [-0.15, -0.1) is 0 Å². The minimum atomic E-state index is -0.101. The first kappa shape index (κ1) is 12.9. The quantitative estimate of drug-likeness (QED) is 0.801. The van der Waals surface area contributed by atoms with E-state index in [2.05, 4.69) is 5.32 Å². The summed E-state index contributed by atoms with van der Waals surface area (Å²) >= 11 is 0. The van der Waals surface area contributed by atoms with E-state index in [0.29, 0.717) is 17.2 Å². The highest BCUT2D eigenvalue weighted by Gasteiger charge is 2.24. The average Bonchev–Trinajstić information content (AvgIpc) is 2.86. The highest BCUT2D eigenvalue weighted by Crippen LogP contribution is 2.19. The first-order chi connectivity index (χ1) is 8.59. The highest BCUT2D eigenvalue weighted by atomic mass is 16.5. The van der Waals surface area contributed by atoms with Gasteiger partial charge in [0.1, 0.15) is 0 Å². The Morgan fingerprint density at radius 2 is 2.33 bits per heavy atom. The third-order valence-electron chi connectivity index (χ3n) is 3.60. The molecule has 0 aliphatic carbocycles. The van der Waals surface area contributed by atoms with Crippen LogP contribution in [0.4, 0.5) is 5.69 Å². The zero-order valence-corrected chi connectivity index (χ0v) is 10.9. The predicted molar refractivity (Wildman–Crippen MR) is 71.4 cm³/mol. The second-order valence-corrected chi connectivity index (χ2v) is 4.92. The van der Waals surface area contributed by atoms with Gasteiger partial charge in [-0.25, -0.2) is 0 Å². The molecule has 1 aliphatic rings. The number of benzene rings is 1. The Morgan fingerprint density at radius 3 is 3.00 bits per heavy atom. The van der Waals surface area contributed by atoms with Crippen LogP contribution < -0.4 is 11.1 Å². The van der Waals surface area contributed by atoms with Crippen LogP contribution in [0.3, 0.4) is 0 Å². The lowest BCUT2D eigenvalue weighted by Gasteiger charge is -2.20. The number of carbonyl (C=O) groups excluding carboxylic acids is 1. The number of nitrogens with two attached hydrogens (primary N) is 1. The number of carbonyl (C=O) groups is 1. The Kier molecular flexibility index (Phi) is 3.87. The molecule has 2 atom stereocenters. The van der Waals surface area contributed by atoms with E-state index in [0.717, 1.165) is 25.2 Å². The maximum absolute atomic E-state index is 12.2. The molecule has 0 saturated carbocycles. The van der Waals surface area contributed by atoms with Crippen molar-refractivity contribution in [3.8, 4) is 0 Å². The molecule has 1 aromatic carbocycles. The molecule has 1 heterocycles. The molecule has 4 heteroatoms. The van der Waals surface area contributed by atoms with Crippen LogP contribution in [0.25, 0.3) is 0 Å². The van der Waals surface area contributed by atoms with Gasteiger partial charge in [-0.1, -0.05) is 12.1 Å². The molecule has 0 bridgehead atoms. The number of ether oxygens (including phenoxy) is 1. The Labute approximate surface area is 108 Å². The summed E-state index contributed by atoms with van der Waals surface area (Å²) in [6, 6.07) is 5.62. The summed E-state index contributed by atoms with van der Waals surface area (Å²) in [5.74, 6) is 0.301. The van der Waals surface area contributed by atoms with Gasteiger partial charge in [0, 0.05) is 24.3 Å². The number of rotatable bonds is 3. The molecule has 1 aromatic rings. The molecule has 1 aliphatic heterocycles. The van der Waals surface area contributed by atoms with Gasteiger partial charge >= 0.3 is 0 Å². The minimum Gasteiger partial charge on any atom is -0.398 e. The summed E-state index contributed by atoms with van der Waals surface area (Å²) in [5, 5.41) is 3.01. The fourth-order valence-electron chi connectivity index (χ4n) is 2.23. The largest absolute Gasteiger partial charge is 0.398 e. The second-order valence-electron chi connectivity index (χ2n) is 4.92. The molecular formula is C14H20N2O2. The van der Waals surface area contributed by atoms with E-state index >= 15 is 0 Å². The fourth-order valence-corrected chi connectivity index (χ4v) is 2.23. The van der Waals surface area contributed by atoms with Crippen molar-refractivity contribution in [2.24, 2.45) is 5.92 Å². The summed E-state index contributed by atoms with van der Waals surface area (Å²) in [4.78, 5) is 12.2. The SMILES string of the molecule is Cc1cccc(C(=O)NC(C)C2CCOC2)c1N. The molecule has 0 aromatic heterocycles. The van der Waals surface area contributed by atoms with Gasteiger partial charge in [0.05, 0.1) is 12.2 Å². The molecule has 18 heavy (non-hydrogen) atoms. The molecular weight excluding hydrogens is 228 g/mol. The van der Waals surface area contributed by atoms with Crippen LogP contribution >= 0.6 is 0 Å². The van der Waals surface area contributed by atoms with E-state index in [9.17, 15) is 4.79 Å². The van der Waals surface area contributed by atoms with Crippen molar-refractivity contribution in [1.29, 1.82) is 0 Å². The van der Waals surface area contributed by atoms with Gasteiger partial charge in [-0.05, 0) is 31.9 Å². The highest BCUT2D eigenvalue weighted by molar-refractivity contribution is 5.99. The van der Waals surface area contributed by atoms with Gasteiger partial charge in [-0.3, -0.25) is 4.79 Å². The van der Waals surface area contributed by atoms with E-state index in [-0.39, 0.29) is 11.9 Å². The molecule has 0 radical (unpaired) electrons. The molecule has 1 amide bonds. The zero-order valence-electron chi connectivity index (χ0n) is 10.9. The molecule has 98 valence electrons. The molecule has 2 unspecified atom stereocenters. The van der Waals surface area contributed by atoms with Crippen molar-refractivity contribution in [3.05, 3.63) is 29.3 Å². The number of nitrogen functional groups attached to an aromatic ring is 1. The number of para-hydroxylation sites is 1. The summed E-state index contributed by atoms with van der Waals surface area (Å²) in [7, 11) is 0. The first-order valence-corrected chi connectivity index (χ1v) is 6.33. The number of hydrogen-bond acceptors (Lipinski definition) is 3. The number of anilines is 1. The van der Waals surface area contributed by atoms with Crippen LogP contribution in [0.2, 0.25) is 0 Å². The van der Waals surface area contributed by atoms with Crippen molar-refractivity contribution < 1.29 is 9.53 Å². The third kappa shape index (κ3) is 2.64. The monoisotopic (exact) mass is 248 g/mol. The number of nitrogens with one attached hydrogen (secondary N) is 1. The van der Waals surface area contributed by atoms with E-state index in [1.807, 2.05) is 26.0 Å². The molecule has 4 nitrogen and oxygen atoms in total. The van der Waals surface area contributed by atoms with Crippen LogP contribution in [0.5, 0.6) is 0 Å². The molecule has 1 saturated heterocycles. The van der Waals surface area contributed by atoms with Gasteiger partial charge < -0.3 is 15.8 Å². The fraction of sp³-hybridized carbons (Fsp3) is 0.500. The summed E-state index contributed by atoms with van der Waals surface area (Å²) in [6.45, 7) is 5.44. The summed E-state index contributed by atoms with van der Waals surface area (Å²) in [6.07, 6.45) is 1.00. The number of hydrogen-bond donors (Lipinski definition) is 2. The van der Waals surface area contributed by atoms with Crippen molar-refractivity contribution >= 4 is 11.6 Å². The Balaban J connectivity index is 2.05. The number of amides is 1. The Bertz CT molecular complexity index is 439. The van der Waals surface area contributed by atoms with Crippen molar-refractivity contribution in [3.63, 3.8) is 0 Å². The molecule has 3 N–H and O–H groups in total. The molecule has 1 fully saturated rings. The topological polar surface area (TPSA) is 64.3 Å². The van der Waals surface area contributed by atoms with Crippen LogP contribution in [0, 0.1) is 12.8 Å². The minimum absolute atomic E-state index is 0.101. The number of aryl methyl sites for hydroxylation is 1. The van der Waals surface area contributed by atoms with E-state index < -0.39 is 0 Å².